The number of nitrogens with zero attached hydrogens (tertiary/aromatic N) is 1. The fraction of sp³-hybridized carbons (Fsp3) is 0.467. The molecule has 0 radical (unpaired) electrons. The molecule has 2 atom stereocenters. The summed E-state index contributed by atoms with van der Waals surface area (Å²) in [4.78, 5) is 25.3. The highest BCUT2D eigenvalue weighted by Crippen LogP contribution is 2.40. The molecule has 0 aliphatic carbocycles. The number of carbonyl (C=O) groups is 2. The molecule has 1 amide bonds. The van der Waals surface area contributed by atoms with E-state index in [1.54, 1.807) is 0 Å². The first kappa shape index (κ1) is 13.9. The van der Waals surface area contributed by atoms with Gasteiger partial charge in [0.25, 0.3) is 0 Å². The Morgan fingerprint density at radius 2 is 2.19 bits per heavy atom. The number of cyclic esters (lactones) is 1. The van der Waals surface area contributed by atoms with Gasteiger partial charge in [-0.3, -0.25) is 9.69 Å². The van der Waals surface area contributed by atoms with Gasteiger partial charge in [-0.15, -0.1) is 0 Å². The minimum atomic E-state index is -0.954. The molecular formula is C15H17NO5. The van der Waals surface area contributed by atoms with Crippen molar-refractivity contribution in [3.05, 3.63) is 35.9 Å². The van der Waals surface area contributed by atoms with Gasteiger partial charge in [-0.25, -0.2) is 4.79 Å². The van der Waals surface area contributed by atoms with E-state index in [1.165, 1.54) is 4.90 Å². The smallest absolute Gasteiger partial charge is 0.410 e. The van der Waals surface area contributed by atoms with Gasteiger partial charge in [0, 0.05) is 6.54 Å². The molecule has 2 heterocycles. The molecule has 3 rings (SSSR count). The van der Waals surface area contributed by atoms with Crippen LogP contribution in [0.3, 0.4) is 0 Å². The normalized spacial score (nSPS) is 27.4. The molecular weight excluding hydrogens is 274 g/mol. The van der Waals surface area contributed by atoms with E-state index in [2.05, 4.69) is 0 Å². The Morgan fingerprint density at radius 3 is 2.90 bits per heavy atom. The van der Waals surface area contributed by atoms with Gasteiger partial charge in [0.15, 0.2) is 0 Å². The summed E-state index contributed by atoms with van der Waals surface area (Å²) in [6, 6.07) is 9.36. The predicted molar refractivity (Wildman–Crippen MR) is 72.2 cm³/mol. The molecule has 2 saturated heterocycles. The van der Waals surface area contributed by atoms with E-state index in [4.69, 9.17) is 9.47 Å². The first-order valence-corrected chi connectivity index (χ1v) is 6.93. The lowest BCUT2D eigenvalue weighted by Gasteiger charge is -2.33. The van der Waals surface area contributed by atoms with Crippen molar-refractivity contribution in [2.24, 2.45) is 5.92 Å². The van der Waals surface area contributed by atoms with Crippen molar-refractivity contribution >= 4 is 12.1 Å². The maximum Gasteiger partial charge on any atom is 0.410 e. The molecule has 0 saturated carbocycles. The minimum absolute atomic E-state index is 0.0352. The summed E-state index contributed by atoms with van der Waals surface area (Å²) in [7, 11) is 0. The van der Waals surface area contributed by atoms with Crippen LogP contribution < -0.4 is 0 Å². The van der Waals surface area contributed by atoms with Crippen LogP contribution in [0.15, 0.2) is 30.3 Å². The summed E-state index contributed by atoms with van der Waals surface area (Å²) in [5.41, 5.74) is -0.0661. The van der Waals surface area contributed by atoms with E-state index in [0.29, 0.717) is 13.0 Å². The molecule has 1 aromatic carbocycles. The average Bonchev–Trinajstić information content (AvgIpc) is 3.05. The largest absolute Gasteiger partial charge is 0.463 e. The zero-order valence-corrected chi connectivity index (χ0v) is 11.5. The molecule has 0 spiro atoms. The van der Waals surface area contributed by atoms with Gasteiger partial charge in [0.05, 0.1) is 12.5 Å². The van der Waals surface area contributed by atoms with Crippen LogP contribution in [0.4, 0.5) is 4.79 Å². The first-order valence-electron chi connectivity index (χ1n) is 6.93. The molecule has 0 aromatic heterocycles. The second-order valence-corrected chi connectivity index (χ2v) is 5.40. The summed E-state index contributed by atoms with van der Waals surface area (Å²) < 4.78 is 10.3. The van der Waals surface area contributed by atoms with Gasteiger partial charge >= 0.3 is 12.1 Å². The van der Waals surface area contributed by atoms with Crippen LogP contribution in [-0.2, 0) is 20.9 Å². The van der Waals surface area contributed by atoms with Crippen LogP contribution in [0.5, 0.6) is 0 Å². The fourth-order valence-electron chi connectivity index (χ4n) is 3.06. The quantitative estimate of drug-likeness (QED) is 0.839. The lowest BCUT2D eigenvalue weighted by molar-refractivity contribution is -0.141. The van der Waals surface area contributed by atoms with Crippen molar-refractivity contribution in [3.8, 4) is 0 Å². The molecule has 0 bridgehead atoms. The van der Waals surface area contributed by atoms with Gasteiger partial charge in [0.1, 0.15) is 18.8 Å². The molecule has 2 aliphatic rings. The number of aliphatic hydroxyl groups is 1. The van der Waals surface area contributed by atoms with Crippen molar-refractivity contribution in [2.75, 3.05) is 19.8 Å². The van der Waals surface area contributed by atoms with Crippen LogP contribution in [0.25, 0.3) is 0 Å². The third-order valence-corrected chi connectivity index (χ3v) is 4.28. The standard InChI is InChI=1S/C15H17NO5/c17-9-15-10-21-13(18)12(15)6-7-16(15)14(19)20-8-11-4-2-1-3-5-11/h1-5,12,17H,6-10H2/t12-,15+/m1/s1. The molecule has 1 N–H and O–H groups in total. The topological polar surface area (TPSA) is 76.1 Å². The minimum Gasteiger partial charge on any atom is -0.463 e. The summed E-state index contributed by atoms with van der Waals surface area (Å²) in [5.74, 6) is -0.797. The number of benzene rings is 1. The zero-order chi connectivity index (χ0) is 14.9. The molecule has 21 heavy (non-hydrogen) atoms. The van der Waals surface area contributed by atoms with Gasteiger partial charge in [-0.1, -0.05) is 30.3 Å². The van der Waals surface area contributed by atoms with Crippen molar-refractivity contribution in [1.82, 2.24) is 4.90 Å². The Hall–Kier alpha value is -2.08. The molecule has 112 valence electrons. The highest BCUT2D eigenvalue weighted by atomic mass is 16.6. The van der Waals surface area contributed by atoms with E-state index in [1.807, 2.05) is 30.3 Å². The van der Waals surface area contributed by atoms with Crippen LogP contribution in [0.2, 0.25) is 0 Å². The molecule has 2 aliphatic heterocycles. The van der Waals surface area contributed by atoms with E-state index in [0.717, 1.165) is 5.56 Å². The average molecular weight is 291 g/mol. The highest BCUT2D eigenvalue weighted by Gasteiger charge is 2.59. The van der Waals surface area contributed by atoms with Crippen molar-refractivity contribution in [3.63, 3.8) is 0 Å². The number of ether oxygens (including phenoxy) is 2. The molecule has 0 unspecified atom stereocenters. The summed E-state index contributed by atoms with van der Waals surface area (Å²) >= 11 is 0. The van der Waals surface area contributed by atoms with Crippen LogP contribution in [0.1, 0.15) is 12.0 Å². The maximum absolute atomic E-state index is 12.3. The number of esters is 1. The Balaban J connectivity index is 1.69. The van der Waals surface area contributed by atoms with Gasteiger partial charge in [-0.05, 0) is 12.0 Å². The maximum atomic E-state index is 12.3. The first-order chi connectivity index (χ1) is 10.2. The fourth-order valence-corrected chi connectivity index (χ4v) is 3.06. The number of likely N-dealkylation sites (tertiary alicyclic amines) is 1. The van der Waals surface area contributed by atoms with Crippen LogP contribution >= 0.6 is 0 Å². The van der Waals surface area contributed by atoms with Gasteiger partial charge < -0.3 is 14.6 Å². The van der Waals surface area contributed by atoms with E-state index >= 15 is 0 Å². The monoisotopic (exact) mass is 291 g/mol. The second-order valence-electron chi connectivity index (χ2n) is 5.40. The van der Waals surface area contributed by atoms with Crippen molar-refractivity contribution < 1.29 is 24.2 Å². The van der Waals surface area contributed by atoms with Crippen molar-refractivity contribution in [2.45, 2.75) is 18.6 Å². The second kappa shape index (κ2) is 5.37. The van der Waals surface area contributed by atoms with Crippen LogP contribution in [-0.4, -0.2) is 47.4 Å². The molecule has 1 aromatic rings. The van der Waals surface area contributed by atoms with Crippen molar-refractivity contribution in [1.29, 1.82) is 0 Å². The van der Waals surface area contributed by atoms with E-state index in [9.17, 15) is 14.7 Å². The SMILES string of the molecule is O=C1OC[C@@]2(CO)[C@@H]1CCN2C(=O)OCc1ccccc1. The predicted octanol–water partition coefficient (Wildman–Crippen LogP) is 0.933. The number of hydrogen-bond acceptors (Lipinski definition) is 5. The number of fused-ring (bicyclic) bond motifs is 1. The Morgan fingerprint density at radius 1 is 1.43 bits per heavy atom. The van der Waals surface area contributed by atoms with Gasteiger partial charge in [0.2, 0.25) is 0 Å². The van der Waals surface area contributed by atoms with Gasteiger partial charge in [-0.2, -0.15) is 0 Å². The molecule has 6 nitrogen and oxygen atoms in total. The third-order valence-electron chi connectivity index (χ3n) is 4.28. The zero-order valence-electron chi connectivity index (χ0n) is 11.5. The summed E-state index contributed by atoms with van der Waals surface area (Å²) in [5, 5.41) is 9.67. The highest BCUT2D eigenvalue weighted by molar-refractivity contribution is 5.80. The summed E-state index contributed by atoms with van der Waals surface area (Å²) in [6.07, 6.45) is -0.0199. The third kappa shape index (κ3) is 2.25. The Bertz CT molecular complexity index is 546. The van der Waals surface area contributed by atoms with E-state index in [-0.39, 0.29) is 25.8 Å². The lowest BCUT2D eigenvalue weighted by atomic mass is 9.88. The van der Waals surface area contributed by atoms with Crippen LogP contribution in [0, 0.1) is 5.92 Å². The van der Waals surface area contributed by atoms with E-state index < -0.39 is 17.6 Å². The Kier molecular flexibility index (Phi) is 3.55. The Labute approximate surface area is 122 Å². The number of rotatable bonds is 3. The molecule has 6 heteroatoms. The summed E-state index contributed by atoms with van der Waals surface area (Å²) in [6.45, 7) is 0.294. The number of hydrogen-bond donors (Lipinski definition) is 1. The lowest BCUT2D eigenvalue weighted by Crippen LogP contribution is -2.54. The molecule has 2 fully saturated rings. The number of carbonyl (C=O) groups excluding carboxylic acids is 2. The number of aliphatic hydroxyl groups excluding tert-OH is 1. The number of amides is 1.